The molecule has 1 aliphatic heterocycles. The van der Waals surface area contributed by atoms with E-state index in [1.807, 2.05) is 0 Å². The summed E-state index contributed by atoms with van der Waals surface area (Å²) < 4.78 is 0. The van der Waals surface area contributed by atoms with Crippen molar-refractivity contribution in [2.45, 2.75) is 18.9 Å². The summed E-state index contributed by atoms with van der Waals surface area (Å²) in [5, 5.41) is 8.33. The average Bonchev–Trinajstić information content (AvgIpc) is 2.15. The molecular formula is C9H14N2O3. The minimum atomic E-state index is -1.10. The molecule has 0 saturated carbocycles. The molecule has 0 aliphatic carbocycles. The molecule has 5 nitrogen and oxygen atoms in total. The number of carbonyl (C=O) groups is 2. The number of nitrogens with two attached hydrogens (primary N) is 1. The summed E-state index contributed by atoms with van der Waals surface area (Å²) in [5.41, 5.74) is 5.67. The molecule has 3 N–H and O–H groups in total. The van der Waals surface area contributed by atoms with Crippen LogP contribution in [0.4, 0.5) is 0 Å². The number of carbonyl (C=O) groups excluding carboxylic acids is 1. The lowest BCUT2D eigenvalue weighted by Gasteiger charge is -2.29. The van der Waals surface area contributed by atoms with Crippen molar-refractivity contribution in [3.05, 3.63) is 12.2 Å². The topological polar surface area (TPSA) is 83.6 Å². The minimum absolute atomic E-state index is 0.169. The Labute approximate surface area is 82.2 Å². The molecule has 1 aliphatic rings. The van der Waals surface area contributed by atoms with E-state index in [4.69, 9.17) is 10.8 Å². The third kappa shape index (κ3) is 3.18. The normalized spacial score (nSPS) is 18.8. The van der Waals surface area contributed by atoms with Gasteiger partial charge >= 0.3 is 5.97 Å². The van der Waals surface area contributed by atoms with E-state index in [2.05, 4.69) is 0 Å². The predicted molar refractivity (Wildman–Crippen MR) is 50.6 cm³/mol. The first-order valence-electron chi connectivity index (χ1n) is 4.55. The Morgan fingerprint density at radius 1 is 1.29 bits per heavy atom. The molecule has 1 heterocycles. The highest BCUT2D eigenvalue weighted by Gasteiger charge is 2.18. The van der Waals surface area contributed by atoms with Crippen LogP contribution in [0.5, 0.6) is 0 Å². The highest BCUT2D eigenvalue weighted by molar-refractivity contribution is 5.93. The van der Waals surface area contributed by atoms with Crippen molar-refractivity contribution in [3.8, 4) is 0 Å². The molecule has 5 heteroatoms. The summed E-state index contributed by atoms with van der Waals surface area (Å²) in [5.74, 6) is -1.36. The Morgan fingerprint density at radius 3 is 2.36 bits per heavy atom. The first kappa shape index (κ1) is 10.7. The van der Waals surface area contributed by atoms with E-state index >= 15 is 0 Å². The number of hydrogen-bond acceptors (Lipinski definition) is 3. The number of hydrogen-bond donors (Lipinski definition) is 2. The summed E-state index contributed by atoms with van der Waals surface area (Å²) in [4.78, 5) is 23.1. The number of aliphatic carboxylic acids is 1. The minimum Gasteiger partial charge on any atom is -0.478 e. The lowest BCUT2D eigenvalue weighted by molar-refractivity contribution is -0.132. The predicted octanol–water partition coefficient (Wildman–Crippen LogP) is -0.423. The Bertz CT molecular complexity index is 255. The van der Waals surface area contributed by atoms with Crippen LogP contribution in [0.3, 0.4) is 0 Å². The van der Waals surface area contributed by atoms with Crippen LogP contribution in [0.1, 0.15) is 12.8 Å². The van der Waals surface area contributed by atoms with E-state index < -0.39 is 5.97 Å². The van der Waals surface area contributed by atoms with Gasteiger partial charge in [0.1, 0.15) is 0 Å². The van der Waals surface area contributed by atoms with Crippen LogP contribution in [-0.4, -0.2) is 41.0 Å². The molecule has 1 rings (SSSR count). The van der Waals surface area contributed by atoms with E-state index in [0.29, 0.717) is 13.1 Å². The molecule has 1 saturated heterocycles. The molecular weight excluding hydrogens is 184 g/mol. The van der Waals surface area contributed by atoms with E-state index in [-0.39, 0.29) is 11.9 Å². The smallest absolute Gasteiger partial charge is 0.328 e. The Balaban J connectivity index is 2.42. The summed E-state index contributed by atoms with van der Waals surface area (Å²) in [6.45, 7) is 1.23. The molecule has 0 unspecified atom stereocenters. The fourth-order valence-electron chi connectivity index (χ4n) is 1.37. The molecule has 0 spiro atoms. The van der Waals surface area contributed by atoms with Gasteiger partial charge in [0.05, 0.1) is 0 Å². The zero-order valence-corrected chi connectivity index (χ0v) is 7.85. The van der Waals surface area contributed by atoms with Crippen LogP contribution in [0.2, 0.25) is 0 Å². The van der Waals surface area contributed by atoms with Gasteiger partial charge in [-0.05, 0) is 12.8 Å². The van der Waals surface area contributed by atoms with Gasteiger partial charge in [0.15, 0.2) is 0 Å². The van der Waals surface area contributed by atoms with Crippen LogP contribution in [0, 0.1) is 0 Å². The van der Waals surface area contributed by atoms with Crippen LogP contribution in [0.25, 0.3) is 0 Å². The van der Waals surface area contributed by atoms with Crippen LogP contribution < -0.4 is 5.73 Å². The van der Waals surface area contributed by atoms with Gasteiger partial charge in [-0.15, -0.1) is 0 Å². The van der Waals surface area contributed by atoms with Gasteiger partial charge in [0.2, 0.25) is 5.91 Å². The van der Waals surface area contributed by atoms with Gasteiger partial charge in [-0.3, -0.25) is 4.79 Å². The van der Waals surface area contributed by atoms with Gasteiger partial charge in [-0.1, -0.05) is 0 Å². The second-order valence-corrected chi connectivity index (χ2v) is 3.33. The highest BCUT2D eigenvalue weighted by Crippen LogP contribution is 2.08. The second kappa shape index (κ2) is 4.76. The third-order valence-electron chi connectivity index (χ3n) is 2.22. The SMILES string of the molecule is NC1CCN(C(=O)/C=C/C(=O)O)CC1. The van der Waals surface area contributed by atoms with Crippen molar-refractivity contribution in [1.29, 1.82) is 0 Å². The number of likely N-dealkylation sites (tertiary alicyclic amines) is 1. The largest absolute Gasteiger partial charge is 0.478 e. The molecule has 1 fully saturated rings. The monoisotopic (exact) mass is 198 g/mol. The maximum Gasteiger partial charge on any atom is 0.328 e. The Morgan fingerprint density at radius 2 is 1.86 bits per heavy atom. The zero-order chi connectivity index (χ0) is 10.6. The quantitative estimate of drug-likeness (QED) is 0.590. The molecule has 0 aromatic carbocycles. The van der Waals surface area contributed by atoms with Gasteiger partial charge in [-0.2, -0.15) is 0 Å². The molecule has 0 radical (unpaired) electrons. The number of nitrogens with zero attached hydrogens (tertiary/aromatic N) is 1. The average molecular weight is 198 g/mol. The van der Waals surface area contributed by atoms with Crippen molar-refractivity contribution < 1.29 is 14.7 Å². The van der Waals surface area contributed by atoms with Crippen LogP contribution in [0.15, 0.2) is 12.2 Å². The van der Waals surface area contributed by atoms with E-state index in [1.165, 1.54) is 0 Å². The fraction of sp³-hybridized carbons (Fsp3) is 0.556. The maximum absolute atomic E-state index is 11.3. The third-order valence-corrected chi connectivity index (χ3v) is 2.22. The van der Waals surface area contributed by atoms with Crippen molar-refractivity contribution in [2.75, 3.05) is 13.1 Å². The molecule has 0 aromatic heterocycles. The first-order chi connectivity index (χ1) is 6.59. The maximum atomic E-state index is 11.3. The number of rotatable bonds is 2. The second-order valence-electron chi connectivity index (χ2n) is 3.33. The summed E-state index contributed by atoms with van der Waals surface area (Å²) in [7, 11) is 0. The lowest BCUT2D eigenvalue weighted by atomic mass is 10.1. The Hall–Kier alpha value is -1.36. The molecule has 0 aromatic rings. The number of carboxylic acids is 1. The van der Waals surface area contributed by atoms with Gasteiger partial charge in [-0.25, -0.2) is 4.79 Å². The zero-order valence-electron chi connectivity index (χ0n) is 7.85. The number of amides is 1. The number of piperidine rings is 1. The summed E-state index contributed by atoms with van der Waals surface area (Å²) in [6.07, 6.45) is 3.51. The van der Waals surface area contributed by atoms with Crippen LogP contribution in [-0.2, 0) is 9.59 Å². The molecule has 0 bridgehead atoms. The summed E-state index contributed by atoms with van der Waals surface area (Å²) >= 11 is 0. The van der Waals surface area contributed by atoms with Gasteiger partial charge < -0.3 is 15.7 Å². The highest BCUT2D eigenvalue weighted by atomic mass is 16.4. The van der Waals surface area contributed by atoms with Crippen LogP contribution >= 0.6 is 0 Å². The van der Waals surface area contributed by atoms with Gasteiger partial charge in [0, 0.05) is 31.3 Å². The van der Waals surface area contributed by atoms with E-state index in [0.717, 1.165) is 25.0 Å². The fourth-order valence-corrected chi connectivity index (χ4v) is 1.37. The van der Waals surface area contributed by atoms with Gasteiger partial charge in [0.25, 0.3) is 0 Å². The first-order valence-corrected chi connectivity index (χ1v) is 4.55. The van der Waals surface area contributed by atoms with Crippen molar-refractivity contribution >= 4 is 11.9 Å². The summed E-state index contributed by atoms with van der Waals surface area (Å²) in [6, 6.07) is 0.169. The number of carboxylic acid groups (broad SMARTS) is 1. The standard InChI is InChI=1S/C9H14N2O3/c10-7-3-5-11(6-4-7)8(12)1-2-9(13)14/h1-2,7H,3-6,10H2,(H,13,14)/b2-1+. The molecule has 78 valence electrons. The molecule has 14 heavy (non-hydrogen) atoms. The van der Waals surface area contributed by atoms with E-state index in [9.17, 15) is 9.59 Å². The molecule has 0 atom stereocenters. The van der Waals surface area contributed by atoms with Crippen molar-refractivity contribution in [2.24, 2.45) is 5.73 Å². The lowest BCUT2D eigenvalue weighted by Crippen LogP contribution is -2.42. The Kier molecular flexibility index (Phi) is 3.64. The van der Waals surface area contributed by atoms with E-state index in [1.54, 1.807) is 4.90 Å². The van der Waals surface area contributed by atoms with Crippen molar-refractivity contribution in [1.82, 2.24) is 4.90 Å². The van der Waals surface area contributed by atoms with Crippen molar-refractivity contribution in [3.63, 3.8) is 0 Å². The molecule has 1 amide bonds.